The number of anilines is 5. The topological polar surface area (TPSA) is 24.5 Å². The Hall–Kier alpha value is -4.50. The molecule has 0 aromatic heterocycles. The highest BCUT2D eigenvalue weighted by Crippen LogP contribution is 2.49. The molecule has 0 spiro atoms. The normalized spacial score (nSPS) is 12.4. The van der Waals surface area contributed by atoms with Crippen molar-refractivity contribution < 1.29 is 4.74 Å². The first-order chi connectivity index (χ1) is 18.4. The van der Waals surface area contributed by atoms with Gasteiger partial charge in [0, 0.05) is 39.7 Å². The van der Waals surface area contributed by atoms with E-state index < -0.39 is 0 Å². The largest absolute Gasteiger partial charge is 0.497 e. The second-order valence-corrected chi connectivity index (χ2v) is 10.8. The summed E-state index contributed by atoms with van der Waals surface area (Å²) in [6, 6.07) is 41.1. The van der Waals surface area contributed by atoms with Crippen LogP contribution in [0.3, 0.4) is 0 Å². The number of methoxy groups -OCH3 is 1. The molecule has 0 unspecified atom stereocenters. The van der Waals surface area contributed by atoms with Gasteiger partial charge in [0.2, 0.25) is 0 Å². The van der Waals surface area contributed by atoms with Crippen LogP contribution in [0.15, 0.2) is 115 Å². The standard InChI is InChI=1S/C35H32N2O/c1-35(2,3)24-12-11-13-25(22-24)37-33-18-9-6-15-29(33)27-14-5-8-17-31(27)36-32-23-26(38-4)20-21-28(32)30-16-7-10-19-34(30)37/h5-23,36H,1-4H3. The summed E-state index contributed by atoms with van der Waals surface area (Å²) in [5, 5.41) is 3.75. The van der Waals surface area contributed by atoms with Crippen molar-refractivity contribution >= 4 is 28.4 Å². The third-order valence-electron chi connectivity index (χ3n) is 7.26. The van der Waals surface area contributed by atoms with E-state index in [0.29, 0.717) is 0 Å². The lowest BCUT2D eigenvalue weighted by Crippen LogP contribution is -2.16. The maximum absolute atomic E-state index is 5.63. The van der Waals surface area contributed by atoms with Crippen LogP contribution in [0.5, 0.6) is 5.75 Å². The minimum atomic E-state index is 0.0336. The lowest BCUT2D eigenvalue weighted by molar-refractivity contribution is 0.415. The van der Waals surface area contributed by atoms with Crippen molar-refractivity contribution in [2.45, 2.75) is 26.2 Å². The summed E-state index contributed by atoms with van der Waals surface area (Å²) in [7, 11) is 1.71. The fourth-order valence-electron chi connectivity index (χ4n) is 5.27. The second-order valence-electron chi connectivity index (χ2n) is 10.8. The highest BCUT2D eigenvalue weighted by atomic mass is 16.5. The molecule has 0 radical (unpaired) electrons. The zero-order valence-electron chi connectivity index (χ0n) is 22.3. The van der Waals surface area contributed by atoms with Gasteiger partial charge in [0.15, 0.2) is 0 Å². The Balaban J connectivity index is 1.72. The van der Waals surface area contributed by atoms with Crippen molar-refractivity contribution in [3.05, 3.63) is 121 Å². The van der Waals surface area contributed by atoms with Crippen LogP contribution in [-0.4, -0.2) is 7.11 Å². The molecular weight excluding hydrogens is 464 g/mol. The quantitative estimate of drug-likeness (QED) is 0.258. The van der Waals surface area contributed by atoms with Crippen molar-refractivity contribution in [3.63, 3.8) is 0 Å². The van der Waals surface area contributed by atoms with E-state index in [1.165, 1.54) is 5.56 Å². The molecule has 0 fully saturated rings. The molecule has 0 saturated heterocycles. The molecule has 0 bridgehead atoms. The highest BCUT2D eigenvalue weighted by molar-refractivity contribution is 6.00. The van der Waals surface area contributed by atoms with Crippen LogP contribution >= 0.6 is 0 Å². The fraction of sp³-hybridized carbons (Fsp3) is 0.143. The maximum Gasteiger partial charge on any atom is 0.120 e. The summed E-state index contributed by atoms with van der Waals surface area (Å²) in [4.78, 5) is 2.41. The Morgan fingerprint density at radius 2 is 1.18 bits per heavy atom. The number of hydrogen-bond acceptors (Lipinski definition) is 3. The third kappa shape index (κ3) is 4.20. The predicted octanol–water partition coefficient (Wildman–Crippen LogP) is 9.85. The number of nitrogens with one attached hydrogen (secondary N) is 1. The Morgan fingerprint density at radius 1 is 0.579 bits per heavy atom. The average molecular weight is 497 g/mol. The molecule has 1 heterocycles. The zero-order chi connectivity index (χ0) is 26.3. The third-order valence-corrected chi connectivity index (χ3v) is 7.26. The molecule has 0 aliphatic carbocycles. The smallest absolute Gasteiger partial charge is 0.120 e. The van der Waals surface area contributed by atoms with Crippen LogP contribution in [0.1, 0.15) is 26.3 Å². The summed E-state index contributed by atoms with van der Waals surface area (Å²) in [5.41, 5.74) is 11.4. The molecular formula is C35H32N2O. The van der Waals surface area contributed by atoms with E-state index in [1.807, 2.05) is 6.07 Å². The van der Waals surface area contributed by atoms with Gasteiger partial charge >= 0.3 is 0 Å². The van der Waals surface area contributed by atoms with Gasteiger partial charge in [0.25, 0.3) is 0 Å². The van der Waals surface area contributed by atoms with E-state index in [2.05, 4.69) is 140 Å². The molecule has 0 atom stereocenters. The molecule has 0 saturated carbocycles. The van der Waals surface area contributed by atoms with Crippen LogP contribution in [0.2, 0.25) is 0 Å². The van der Waals surface area contributed by atoms with Gasteiger partial charge in [-0.3, -0.25) is 0 Å². The monoisotopic (exact) mass is 496 g/mol. The molecule has 5 aromatic rings. The van der Waals surface area contributed by atoms with E-state index >= 15 is 0 Å². The SMILES string of the molecule is COc1ccc2c(c1)Nc1ccccc1-c1ccccc1N(c1cccc(C(C)(C)C)c1)c1ccccc1-2. The van der Waals surface area contributed by atoms with E-state index in [0.717, 1.165) is 56.4 Å². The predicted molar refractivity (Wildman–Crippen MR) is 161 cm³/mol. The first-order valence-corrected chi connectivity index (χ1v) is 13.1. The van der Waals surface area contributed by atoms with Crippen molar-refractivity contribution in [2.75, 3.05) is 17.3 Å². The van der Waals surface area contributed by atoms with Gasteiger partial charge < -0.3 is 15.0 Å². The van der Waals surface area contributed by atoms with Crippen molar-refractivity contribution in [2.24, 2.45) is 0 Å². The minimum absolute atomic E-state index is 0.0336. The molecule has 38 heavy (non-hydrogen) atoms. The fourth-order valence-corrected chi connectivity index (χ4v) is 5.27. The number of ether oxygens (including phenoxy) is 1. The number of rotatable bonds is 2. The van der Waals surface area contributed by atoms with Gasteiger partial charge in [-0.15, -0.1) is 0 Å². The highest BCUT2D eigenvalue weighted by Gasteiger charge is 2.25. The van der Waals surface area contributed by atoms with Crippen molar-refractivity contribution in [1.29, 1.82) is 0 Å². The molecule has 6 rings (SSSR count). The summed E-state index contributed by atoms with van der Waals surface area (Å²) in [5.74, 6) is 0.818. The Kier molecular flexibility index (Phi) is 5.92. The maximum atomic E-state index is 5.63. The van der Waals surface area contributed by atoms with Gasteiger partial charge in [-0.1, -0.05) is 87.5 Å². The molecule has 0 amide bonds. The number of benzene rings is 5. The molecule has 1 aliphatic heterocycles. The van der Waals surface area contributed by atoms with E-state index in [4.69, 9.17) is 4.74 Å². The molecule has 3 heteroatoms. The van der Waals surface area contributed by atoms with Crippen LogP contribution in [-0.2, 0) is 5.41 Å². The van der Waals surface area contributed by atoms with E-state index in [9.17, 15) is 0 Å². The zero-order valence-corrected chi connectivity index (χ0v) is 22.3. The van der Waals surface area contributed by atoms with Crippen molar-refractivity contribution in [3.8, 4) is 28.0 Å². The molecule has 5 aromatic carbocycles. The molecule has 1 aliphatic rings. The summed E-state index contributed by atoms with van der Waals surface area (Å²) in [6.45, 7) is 6.80. The Labute approximate surface area is 225 Å². The van der Waals surface area contributed by atoms with Gasteiger partial charge in [-0.05, 0) is 53.4 Å². The summed E-state index contributed by atoms with van der Waals surface area (Å²) in [6.07, 6.45) is 0. The first kappa shape index (κ1) is 23.9. The molecule has 3 nitrogen and oxygen atoms in total. The van der Waals surface area contributed by atoms with E-state index in [1.54, 1.807) is 7.11 Å². The van der Waals surface area contributed by atoms with Crippen molar-refractivity contribution in [1.82, 2.24) is 0 Å². The summed E-state index contributed by atoms with van der Waals surface area (Å²) < 4.78 is 5.63. The lowest BCUT2D eigenvalue weighted by Gasteiger charge is -2.32. The molecule has 1 N–H and O–H groups in total. The number of nitrogens with zero attached hydrogens (tertiary/aromatic N) is 1. The van der Waals surface area contributed by atoms with Crippen LogP contribution in [0.25, 0.3) is 22.3 Å². The number of fused-ring (bicyclic) bond motifs is 6. The second kappa shape index (κ2) is 9.42. The summed E-state index contributed by atoms with van der Waals surface area (Å²) >= 11 is 0. The van der Waals surface area contributed by atoms with Gasteiger partial charge in [-0.25, -0.2) is 0 Å². The van der Waals surface area contributed by atoms with Gasteiger partial charge in [-0.2, -0.15) is 0 Å². The van der Waals surface area contributed by atoms with Crippen LogP contribution < -0.4 is 15.0 Å². The molecule has 188 valence electrons. The van der Waals surface area contributed by atoms with Crippen LogP contribution in [0.4, 0.5) is 28.4 Å². The lowest BCUT2D eigenvalue weighted by atomic mass is 9.86. The number of para-hydroxylation sites is 3. The van der Waals surface area contributed by atoms with Crippen LogP contribution in [0, 0.1) is 0 Å². The Bertz CT molecular complexity index is 1630. The average Bonchev–Trinajstić information content (AvgIpc) is 2.94. The van der Waals surface area contributed by atoms with Gasteiger partial charge in [0.1, 0.15) is 5.75 Å². The number of hydrogen-bond donors (Lipinski definition) is 1. The Morgan fingerprint density at radius 3 is 1.84 bits per heavy atom. The van der Waals surface area contributed by atoms with E-state index in [-0.39, 0.29) is 5.41 Å². The first-order valence-electron chi connectivity index (χ1n) is 13.1. The minimum Gasteiger partial charge on any atom is -0.497 e. The van der Waals surface area contributed by atoms with Gasteiger partial charge in [0.05, 0.1) is 24.2 Å².